The fourth-order valence-electron chi connectivity index (χ4n) is 3.01. The lowest BCUT2D eigenvalue weighted by atomic mass is 10.0. The molecule has 1 aliphatic heterocycles. The fraction of sp³-hybridized carbons (Fsp3) is 0.467. The Labute approximate surface area is 108 Å². The van der Waals surface area contributed by atoms with Crippen LogP contribution in [0.5, 0.6) is 5.75 Å². The maximum Gasteiger partial charge on any atom is 0.128 e. The van der Waals surface area contributed by atoms with Crippen molar-refractivity contribution in [2.45, 2.75) is 32.2 Å². The van der Waals surface area contributed by atoms with E-state index in [1.807, 2.05) is 12.1 Å². The van der Waals surface area contributed by atoms with Crippen LogP contribution in [0.15, 0.2) is 18.2 Å². The summed E-state index contributed by atoms with van der Waals surface area (Å²) in [6.07, 6.45) is 3.66. The van der Waals surface area contributed by atoms with E-state index < -0.39 is 0 Å². The summed E-state index contributed by atoms with van der Waals surface area (Å²) in [5.74, 6) is 0.977. The molecule has 0 saturated carbocycles. The number of ether oxygens (including phenoxy) is 1. The molecule has 1 aromatic carbocycles. The van der Waals surface area contributed by atoms with Crippen LogP contribution in [0.25, 0.3) is 10.9 Å². The zero-order valence-corrected chi connectivity index (χ0v) is 11.0. The van der Waals surface area contributed by atoms with Crippen LogP contribution in [0.2, 0.25) is 0 Å². The van der Waals surface area contributed by atoms with Crippen LogP contribution in [0.4, 0.5) is 0 Å². The number of rotatable bonds is 3. The molecule has 1 atom stereocenters. The van der Waals surface area contributed by atoms with Gasteiger partial charge in [0.05, 0.1) is 7.11 Å². The normalized spacial score (nSPS) is 19.6. The summed E-state index contributed by atoms with van der Waals surface area (Å²) in [7, 11) is 1.74. The minimum absolute atomic E-state index is 0.618. The first-order valence-corrected chi connectivity index (χ1v) is 6.67. The Balaban J connectivity index is 2.05. The van der Waals surface area contributed by atoms with E-state index in [1.165, 1.54) is 35.0 Å². The first-order valence-electron chi connectivity index (χ1n) is 6.67. The minimum atomic E-state index is 0.618. The summed E-state index contributed by atoms with van der Waals surface area (Å²) >= 11 is 0. The van der Waals surface area contributed by atoms with Crippen LogP contribution in [0.3, 0.4) is 0 Å². The highest BCUT2D eigenvalue weighted by Crippen LogP contribution is 2.32. The minimum Gasteiger partial charge on any atom is -0.496 e. The van der Waals surface area contributed by atoms with E-state index in [1.54, 1.807) is 7.11 Å². The van der Waals surface area contributed by atoms with Gasteiger partial charge in [-0.15, -0.1) is 0 Å². The summed E-state index contributed by atoms with van der Waals surface area (Å²) in [4.78, 5) is 3.47. The molecule has 1 aliphatic rings. The van der Waals surface area contributed by atoms with Crippen molar-refractivity contribution in [1.29, 1.82) is 0 Å². The van der Waals surface area contributed by atoms with Crippen molar-refractivity contribution in [1.82, 2.24) is 10.3 Å². The Bertz CT molecular complexity index is 553. The lowest BCUT2D eigenvalue weighted by Gasteiger charge is -2.11. The third-order valence-corrected chi connectivity index (χ3v) is 3.94. The molecule has 2 heterocycles. The van der Waals surface area contributed by atoms with E-state index in [0.29, 0.717) is 6.04 Å². The number of hydrogen-bond donors (Lipinski definition) is 2. The molecule has 3 nitrogen and oxygen atoms in total. The summed E-state index contributed by atoms with van der Waals surface area (Å²) in [6.45, 7) is 3.31. The van der Waals surface area contributed by atoms with Gasteiger partial charge in [0.2, 0.25) is 0 Å². The Morgan fingerprint density at radius 3 is 3.00 bits per heavy atom. The largest absolute Gasteiger partial charge is 0.496 e. The smallest absolute Gasteiger partial charge is 0.128 e. The lowest BCUT2D eigenvalue weighted by Crippen LogP contribution is -2.23. The first-order chi connectivity index (χ1) is 8.79. The third-order valence-electron chi connectivity index (χ3n) is 3.94. The SMILES string of the molecule is COc1cccc2[nH]c(C)c(C[C@H]3CCCN3)c12. The number of methoxy groups -OCH3 is 1. The van der Waals surface area contributed by atoms with Gasteiger partial charge in [0.25, 0.3) is 0 Å². The number of benzene rings is 1. The second-order valence-corrected chi connectivity index (χ2v) is 5.11. The highest BCUT2D eigenvalue weighted by atomic mass is 16.5. The van der Waals surface area contributed by atoms with Gasteiger partial charge in [-0.05, 0) is 50.4 Å². The van der Waals surface area contributed by atoms with Crippen molar-refractivity contribution in [2.75, 3.05) is 13.7 Å². The average Bonchev–Trinajstić information content (AvgIpc) is 2.98. The number of nitrogens with one attached hydrogen (secondary N) is 2. The van der Waals surface area contributed by atoms with Crippen molar-refractivity contribution in [2.24, 2.45) is 0 Å². The van der Waals surface area contributed by atoms with Gasteiger partial charge in [-0.3, -0.25) is 0 Å². The van der Waals surface area contributed by atoms with E-state index in [9.17, 15) is 0 Å². The average molecular weight is 244 g/mol. The van der Waals surface area contributed by atoms with Crippen molar-refractivity contribution < 1.29 is 4.74 Å². The van der Waals surface area contributed by atoms with Gasteiger partial charge in [0.1, 0.15) is 5.75 Å². The van der Waals surface area contributed by atoms with Gasteiger partial charge in [-0.2, -0.15) is 0 Å². The van der Waals surface area contributed by atoms with Gasteiger partial charge in [-0.1, -0.05) is 6.07 Å². The summed E-state index contributed by atoms with van der Waals surface area (Å²) in [5, 5.41) is 4.83. The van der Waals surface area contributed by atoms with Crippen LogP contribution < -0.4 is 10.1 Å². The maximum absolute atomic E-state index is 5.51. The number of aromatic nitrogens is 1. The van der Waals surface area contributed by atoms with Gasteiger partial charge < -0.3 is 15.0 Å². The van der Waals surface area contributed by atoms with Gasteiger partial charge in [0.15, 0.2) is 0 Å². The van der Waals surface area contributed by atoms with E-state index >= 15 is 0 Å². The van der Waals surface area contributed by atoms with Gasteiger partial charge >= 0.3 is 0 Å². The van der Waals surface area contributed by atoms with Gasteiger partial charge in [0, 0.05) is 22.6 Å². The topological polar surface area (TPSA) is 37.0 Å². The van der Waals surface area contributed by atoms with Crippen LogP contribution in [-0.4, -0.2) is 24.7 Å². The number of fused-ring (bicyclic) bond motifs is 1. The summed E-state index contributed by atoms with van der Waals surface area (Å²) in [5.41, 5.74) is 3.85. The number of H-pyrrole nitrogens is 1. The molecule has 1 saturated heterocycles. The van der Waals surface area contributed by atoms with Crippen molar-refractivity contribution in [3.05, 3.63) is 29.5 Å². The van der Waals surface area contributed by atoms with Crippen molar-refractivity contribution in [3.8, 4) is 5.75 Å². The van der Waals surface area contributed by atoms with Crippen LogP contribution >= 0.6 is 0 Å². The van der Waals surface area contributed by atoms with Gasteiger partial charge in [-0.25, -0.2) is 0 Å². The van der Waals surface area contributed by atoms with E-state index in [-0.39, 0.29) is 0 Å². The molecule has 18 heavy (non-hydrogen) atoms. The van der Waals surface area contributed by atoms with Crippen LogP contribution in [0, 0.1) is 6.92 Å². The molecule has 2 aromatic rings. The monoisotopic (exact) mass is 244 g/mol. The molecule has 0 unspecified atom stereocenters. The lowest BCUT2D eigenvalue weighted by molar-refractivity contribution is 0.419. The molecule has 96 valence electrons. The second-order valence-electron chi connectivity index (χ2n) is 5.11. The molecule has 0 aliphatic carbocycles. The fourth-order valence-corrected chi connectivity index (χ4v) is 3.01. The maximum atomic E-state index is 5.51. The summed E-state index contributed by atoms with van der Waals surface area (Å²) < 4.78 is 5.51. The Morgan fingerprint density at radius 2 is 2.28 bits per heavy atom. The van der Waals surface area contributed by atoms with Crippen molar-refractivity contribution >= 4 is 10.9 Å². The highest BCUT2D eigenvalue weighted by molar-refractivity contribution is 5.90. The Hall–Kier alpha value is -1.48. The predicted octanol–water partition coefficient (Wildman–Crippen LogP) is 2.78. The molecular formula is C15H20N2O. The quantitative estimate of drug-likeness (QED) is 0.871. The summed E-state index contributed by atoms with van der Waals surface area (Å²) in [6, 6.07) is 6.82. The molecule has 0 bridgehead atoms. The van der Waals surface area contributed by atoms with Crippen LogP contribution in [-0.2, 0) is 6.42 Å². The van der Waals surface area contributed by atoms with E-state index in [0.717, 1.165) is 18.7 Å². The third kappa shape index (κ3) is 1.89. The molecule has 0 radical (unpaired) electrons. The predicted molar refractivity (Wildman–Crippen MR) is 74.3 cm³/mol. The first kappa shape index (κ1) is 11.6. The number of hydrogen-bond acceptors (Lipinski definition) is 2. The zero-order chi connectivity index (χ0) is 12.5. The van der Waals surface area contributed by atoms with Crippen LogP contribution in [0.1, 0.15) is 24.1 Å². The zero-order valence-electron chi connectivity index (χ0n) is 11.0. The number of aryl methyl sites for hydroxylation is 1. The molecular weight excluding hydrogens is 224 g/mol. The van der Waals surface area contributed by atoms with Crippen molar-refractivity contribution in [3.63, 3.8) is 0 Å². The molecule has 0 spiro atoms. The molecule has 1 fully saturated rings. The van der Waals surface area contributed by atoms with E-state index in [4.69, 9.17) is 4.74 Å². The number of aromatic amines is 1. The molecule has 1 aromatic heterocycles. The van der Waals surface area contributed by atoms with E-state index in [2.05, 4.69) is 23.3 Å². The molecule has 0 amide bonds. The highest BCUT2D eigenvalue weighted by Gasteiger charge is 2.19. The molecule has 3 rings (SSSR count). The Morgan fingerprint density at radius 1 is 1.39 bits per heavy atom. The molecule has 3 heteroatoms. The molecule has 2 N–H and O–H groups in total. The Kier molecular flexibility index (Phi) is 3.00. The standard InChI is InChI=1S/C15H20N2O/c1-10-12(9-11-5-4-8-16-11)15-13(17-10)6-3-7-14(15)18-2/h3,6-7,11,16-17H,4-5,8-9H2,1-2H3/t11-/m1/s1. The second kappa shape index (κ2) is 4.65.